The fraction of sp³-hybridized carbons (Fsp3) is 0.333. The van der Waals surface area contributed by atoms with Crippen LogP contribution in [0, 0.1) is 0 Å². The number of hydrogen-bond donors (Lipinski definition) is 3. The van der Waals surface area contributed by atoms with Gasteiger partial charge in [0.1, 0.15) is 12.3 Å². The van der Waals surface area contributed by atoms with Gasteiger partial charge in [-0.05, 0) is 18.2 Å². The van der Waals surface area contributed by atoms with E-state index in [0.717, 1.165) is 16.6 Å². The molecule has 22 heavy (non-hydrogen) atoms. The number of nitrogens with zero attached hydrogens (tertiary/aromatic N) is 1. The molecule has 0 atom stereocenters. The molecule has 0 fully saturated rings. The van der Waals surface area contributed by atoms with Crippen LogP contribution in [0.1, 0.15) is 16.1 Å². The van der Waals surface area contributed by atoms with Crippen LogP contribution in [-0.2, 0) is 16.1 Å². The van der Waals surface area contributed by atoms with Gasteiger partial charge in [0.2, 0.25) is 5.91 Å². The quantitative estimate of drug-likeness (QED) is 0.745. The molecule has 2 rings (SSSR count). The lowest BCUT2D eigenvalue weighted by Gasteiger charge is -2.12. The number of carbonyl (C=O) groups is 2. The summed E-state index contributed by atoms with van der Waals surface area (Å²) in [5, 5.41) is 12.8. The number of aromatic amines is 1. The van der Waals surface area contributed by atoms with Crippen molar-refractivity contribution < 1.29 is 19.4 Å². The number of aromatic carboxylic acids is 1. The standard InChI is InChI=1S/C15H19N3O4/c1-18(2)9-4-5-12-10(6-9)11(14(17-12)15(20)21)7-16-13(19)8-22-3/h4-6,17H,7-8H2,1-3H3,(H,16,19)(H,20,21). The number of carboxylic acid groups (broad SMARTS) is 1. The van der Waals surface area contributed by atoms with E-state index >= 15 is 0 Å². The van der Waals surface area contributed by atoms with Gasteiger partial charge in [0, 0.05) is 49.9 Å². The summed E-state index contributed by atoms with van der Waals surface area (Å²) in [4.78, 5) is 27.7. The van der Waals surface area contributed by atoms with Gasteiger partial charge in [-0.25, -0.2) is 4.79 Å². The van der Waals surface area contributed by atoms with E-state index in [0.29, 0.717) is 5.56 Å². The van der Waals surface area contributed by atoms with Crippen molar-refractivity contribution in [2.45, 2.75) is 6.54 Å². The molecule has 0 aliphatic heterocycles. The van der Waals surface area contributed by atoms with E-state index in [1.54, 1.807) is 0 Å². The number of nitrogens with one attached hydrogen (secondary N) is 2. The third-order valence-electron chi connectivity index (χ3n) is 3.36. The van der Waals surface area contributed by atoms with E-state index in [9.17, 15) is 14.7 Å². The third kappa shape index (κ3) is 3.20. The topological polar surface area (TPSA) is 94.7 Å². The lowest BCUT2D eigenvalue weighted by Crippen LogP contribution is -2.27. The molecule has 0 unspecified atom stereocenters. The van der Waals surface area contributed by atoms with Crippen LogP contribution in [-0.4, -0.2) is 49.8 Å². The lowest BCUT2D eigenvalue weighted by molar-refractivity contribution is -0.124. The molecule has 1 aromatic carbocycles. The molecule has 1 aromatic heterocycles. The number of amides is 1. The Kier molecular flexibility index (Phi) is 4.67. The van der Waals surface area contributed by atoms with Gasteiger partial charge in [-0.1, -0.05) is 0 Å². The molecule has 0 saturated carbocycles. The Bertz CT molecular complexity index is 706. The fourth-order valence-corrected chi connectivity index (χ4v) is 2.25. The van der Waals surface area contributed by atoms with Crippen molar-refractivity contribution in [3.05, 3.63) is 29.5 Å². The summed E-state index contributed by atoms with van der Waals surface area (Å²) in [6, 6.07) is 5.63. The number of carbonyl (C=O) groups excluding carboxylic acids is 1. The molecule has 0 bridgehead atoms. The highest BCUT2D eigenvalue weighted by atomic mass is 16.5. The maximum atomic E-state index is 11.5. The number of H-pyrrole nitrogens is 1. The van der Waals surface area contributed by atoms with Gasteiger partial charge in [0.05, 0.1) is 0 Å². The Balaban J connectivity index is 2.43. The van der Waals surface area contributed by atoms with Crippen molar-refractivity contribution in [2.24, 2.45) is 0 Å². The minimum atomic E-state index is -1.06. The molecule has 7 nitrogen and oxygen atoms in total. The Hall–Kier alpha value is -2.54. The minimum absolute atomic E-state index is 0.0618. The molecule has 2 aromatic rings. The number of hydrogen-bond acceptors (Lipinski definition) is 4. The summed E-state index contributed by atoms with van der Waals surface area (Å²) in [5.41, 5.74) is 2.31. The second-order valence-electron chi connectivity index (χ2n) is 5.12. The van der Waals surface area contributed by atoms with Crippen LogP contribution in [0.5, 0.6) is 0 Å². The van der Waals surface area contributed by atoms with Crippen LogP contribution in [0.3, 0.4) is 0 Å². The molecule has 0 radical (unpaired) electrons. The molecule has 3 N–H and O–H groups in total. The zero-order valence-electron chi connectivity index (χ0n) is 12.8. The summed E-state index contributed by atoms with van der Waals surface area (Å²) in [6.45, 7) is 0.0639. The van der Waals surface area contributed by atoms with Crippen LogP contribution in [0.2, 0.25) is 0 Å². The van der Waals surface area contributed by atoms with Gasteiger partial charge < -0.3 is 25.0 Å². The highest BCUT2D eigenvalue weighted by molar-refractivity contribution is 5.98. The van der Waals surface area contributed by atoms with Gasteiger partial charge in [-0.15, -0.1) is 0 Å². The Morgan fingerprint density at radius 3 is 2.68 bits per heavy atom. The smallest absolute Gasteiger partial charge is 0.352 e. The first kappa shape index (κ1) is 15.8. The maximum absolute atomic E-state index is 11.5. The summed E-state index contributed by atoms with van der Waals surface area (Å²) < 4.78 is 4.75. The predicted molar refractivity (Wildman–Crippen MR) is 83.3 cm³/mol. The van der Waals surface area contributed by atoms with E-state index in [-0.39, 0.29) is 24.8 Å². The molecule has 0 aliphatic rings. The van der Waals surface area contributed by atoms with Crippen LogP contribution in [0.25, 0.3) is 10.9 Å². The van der Waals surface area contributed by atoms with Crippen molar-refractivity contribution in [3.8, 4) is 0 Å². The van der Waals surface area contributed by atoms with Crippen molar-refractivity contribution >= 4 is 28.5 Å². The fourth-order valence-electron chi connectivity index (χ4n) is 2.25. The molecular formula is C15H19N3O4. The first-order valence-corrected chi connectivity index (χ1v) is 6.75. The van der Waals surface area contributed by atoms with E-state index in [2.05, 4.69) is 10.3 Å². The average Bonchev–Trinajstić information content (AvgIpc) is 2.83. The second kappa shape index (κ2) is 6.48. The van der Waals surface area contributed by atoms with Gasteiger partial charge in [0.15, 0.2) is 0 Å². The number of ether oxygens (including phenoxy) is 1. The van der Waals surface area contributed by atoms with Crippen LogP contribution in [0.4, 0.5) is 5.69 Å². The molecule has 0 spiro atoms. The van der Waals surface area contributed by atoms with Crippen molar-refractivity contribution in [1.82, 2.24) is 10.3 Å². The number of methoxy groups -OCH3 is 1. The van der Waals surface area contributed by atoms with Gasteiger partial charge >= 0.3 is 5.97 Å². The minimum Gasteiger partial charge on any atom is -0.477 e. The van der Waals surface area contributed by atoms with Crippen LogP contribution < -0.4 is 10.2 Å². The summed E-state index contributed by atoms with van der Waals surface area (Å²) in [7, 11) is 5.25. The van der Waals surface area contributed by atoms with Gasteiger partial charge in [-0.2, -0.15) is 0 Å². The number of fused-ring (bicyclic) bond motifs is 1. The molecule has 7 heteroatoms. The number of anilines is 1. The monoisotopic (exact) mass is 305 g/mol. The van der Waals surface area contributed by atoms with Crippen molar-refractivity contribution in [1.29, 1.82) is 0 Å². The third-order valence-corrected chi connectivity index (χ3v) is 3.36. The van der Waals surface area contributed by atoms with Gasteiger partial charge in [-0.3, -0.25) is 4.79 Å². The summed E-state index contributed by atoms with van der Waals surface area (Å²) in [5.74, 6) is -1.35. The predicted octanol–water partition coefficient (Wildman–Crippen LogP) is 1.19. The Morgan fingerprint density at radius 2 is 2.09 bits per heavy atom. The summed E-state index contributed by atoms with van der Waals surface area (Å²) in [6.07, 6.45) is 0. The normalized spacial score (nSPS) is 10.7. The number of aromatic nitrogens is 1. The molecular weight excluding hydrogens is 286 g/mol. The highest BCUT2D eigenvalue weighted by Gasteiger charge is 2.18. The van der Waals surface area contributed by atoms with Gasteiger partial charge in [0.25, 0.3) is 0 Å². The first-order valence-electron chi connectivity index (χ1n) is 6.75. The second-order valence-corrected chi connectivity index (χ2v) is 5.12. The molecule has 1 heterocycles. The average molecular weight is 305 g/mol. The maximum Gasteiger partial charge on any atom is 0.352 e. The SMILES string of the molecule is COCC(=O)NCc1c(C(=O)O)[nH]c2ccc(N(C)C)cc12. The Labute approximate surface area is 127 Å². The number of rotatable bonds is 6. The first-order chi connectivity index (χ1) is 10.4. The van der Waals surface area contributed by atoms with E-state index in [1.807, 2.05) is 37.2 Å². The van der Waals surface area contributed by atoms with Crippen LogP contribution in [0.15, 0.2) is 18.2 Å². The number of benzene rings is 1. The lowest BCUT2D eigenvalue weighted by atomic mass is 10.1. The molecule has 118 valence electrons. The number of carboxylic acids is 1. The molecule has 1 amide bonds. The zero-order chi connectivity index (χ0) is 16.3. The van der Waals surface area contributed by atoms with Crippen molar-refractivity contribution in [3.63, 3.8) is 0 Å². The summed E-state index contributed by atoms with van der Waals surface area (Å²) >= 11 is 0. The van der Waals surface area contributed by atoms with E-state index in [4.69, 9.17) is 4.74 Å². The zero-order valence-corrected chi connectivity index (χ0v) is 12.8. The largest absolute Gasteiger partial charge is 0.477 e. The molecule has 0 aliphatic carbocycles. The van der Waals surface area contributed by atoms with Crippen molar-refractivity contribution in [2.75, 3.05) is 32.7 Å². The highest BCUT2D eigenvalue weighted by Crippen LogP contribution is 2.26. The van der Waals surface area contributed by atoms with E-state index < -0.39 is 5.97 Å². The Morgan fingerprint density at radius 1 is 1.36 bits per heavy atom. The van der Waals surface area contributed by atoms with Crippen LogP contribution >= 0.6 is 0 Å². The molecule has 0 saturated heterocycles. The van der Waals surface area contributed by atoms with E-state index in [1.165, 1.54) is 7.11 Å².